The summed E-state index contributed by atoms with van der Waals surface area (Å²) < 4.78 is 1.29. The fourth-order valence-electron chi connectivity index (χ4n) is 1.59. The highest BCUT2D eigenvalue weighted by Crippen LogP contribution is 2.26. The highest BCUT2D eigenvalue weighted by molar-refractivity contribution is 6.36. The molecule has 2 aromatic rings. The van der Waals surface area contributed by atoms with Gasteiger partial charge in [-0.25, -0.2) is 0 Å². The summed E-state index contributed by atoms with van der Waals surface area (Å²) in [5, 5.41) is 18.9. The number of nitriles is 1. The quantitative estimate of drug-likeness (QED) is 0.756. The van der Waals surface area contributed by atoms with Gasteiger partial charge in [-0.15, -0.1) is 0 Å². The number of hydrogen-bond acceptors (Lipinski definition) is 3. The van der Waals surface area contributed by atoms with Crippen molar-refractivity contribution in [1.29, 1.82) is 5.26 Å². The predicted molar refractivity (Wildman–Crippen MR) is 60.6 cm³/mol. The van der Waals surface area contributed by atoms with Crippen LogP contribution in [0.5, 0.6) is 5.75 Å². The van der Waals surface area contributed by atoms with Gasteiger partial charge >= 0.3 is 0 Å². The highest BCUT2D eigenvalue weighted by Gasteiger charge is 2.13. The first-order valence-electron chi connectivity index (χ1n) is 4.47. The molecular formula is C11H7ClN2O2. The number of rotatable bonds is 0. The molecule has 0 saturated heterocycles. The Bertz CT molecular complexity index is 683. The molecule has 0 aliphatic rings. The molecule has 0 bridgehead atoms. The Hall–Kier alpha value is -1.99. The Morgan fingerprint density at radius 3 is 2.81 bits per heavy atom. The molecule has 0 aliphatic carbocycles. The first-order valence-corrected chi connectivity index (χ1v) is 4.85. The summed E-state index contributed by atoms with van der Waals surface area (Å²) in [7, 11) is 1.53. The van der Waals surface area contributed by atoms with Crippen molar-refractivity contribution >= 4 is 22.5 Å². The van der Waals surface area contributed by atoms with Gasteiger partial charge in [-0.1, -0.05) is 11.6 Å². The number of benzene rings is 1. The van der Waals surface area contributed by atoms with Crippen LogP contribution in [0.15, 0.2) is 23.0 Å². The fourth-order valence-corrected chi connectivity index (χ4v) is 1.87. The number of hydrogen-bond donors (Lipinski definition) is 1. The van der Waals surface area contributed by atoms with Crippen molar-refractivity contribution in [2.75, 3.05) is 0 Å². The van der Waals surface area contributed by atoms with E-state index in [-0.39, 0.29) is 16.3 Å². The van der Waals surface area contributed by atoms with E-state index in [9.17, 15) is 9.90 Å². The topological polar surface area (TPSA) is 66.0 Å². The van der Waals surface area contributed by atoms with Crippen molar-refractivity contribution in [2.45, 2.75) is 0 Å². The average molecular weight is 235 g/mol. The van der Waals surface area contributed by atoms with Crippen LogP contribution in [0.1, 0.15) is 5.56 Å². The monoisotopic (exact) mass is 234 g/mol. The molecule has 0 fully saturated rings. The van der Waals surface area contributed by atoms with Gasteiger partial charge in [0.25, 0.3) is 5.56 Å². The van der Waals surface area contributed by atoms with Crippen molar-refractivity contribution in [3.8, 4) is 11.8 Å². The number of phenols is 1. The second kappa shape index (κ2) is 3.54. The number of halogens is 1. The summed E-state index contributed by atoms with van der Waals surface area (Å²) in [6.07, 6.45) is 0. The van der Waals surface area contributed by atoms with Gasteiger partial charge in [0.15, 0.2) is 0 Å². The SMILES string of the molecule is Cn1c(=O)c(C#N)c(Cl)c2ccc(O)cc21. The third-order valence-electron chi connectivity index (χ3n) is 2.43. The summed E-state index contributed by atoms with van der Waals surface area (Å²) in [5.74, 6) is 0.0447. The number of fused-ring (bicyclic) bond motifs is 1. The lowest BCUT2D eigenvalue weighted by atomic mass is 10.1. The lowest BCUT2D eigenvalue weighted by molar-refractivity contribution is 0.476. The molecule has 80 valence electrons. The second-order valence-electron chi connectivity index (χ2n) is 3.37. The zero-order valence-corrected chi connectivity index (χ0v) is 9.12. The van der Waals surface area contributed by atoms with Crippen LogP contribution in [0.3, 0.4) is 0 Å². The maximum Gasteiger partial charge on any atom is 0.270 e. The molecule has 1 heterocycles. The van der Waals surface area contributed by atoms with Crippen molar-refractivity contribution in [3.05, 3.63) is 39.1 Å². The van der Waals surface area contributed by atoms with Crippen LogP contribution in [0.25, 0.3) is 10.9 Å². The molecule has 0 saturated carbocycles. The van der Waals surface area contributed by atoms with Gasteiger partial charge in [0.2, 0.25) is 0 Å². The van der Waals surface area contributed by atoms with Crippen LogP contribution < -0.4 is 5.56 Å². The molecule has 2 rings (SSSR count). The number of pyridine rings is 1. The van der Waals surface area contributed by atoms with E-state index < -0.39 is 5.56 Å². The van der Waals surface area contributed by atoms with Crippen LogP contribution in [-0.4, -0.2) is 9.67 Å². The number of aromatic nitrogens is 1. The standard InChI is InChI=1S/C11H7ClN2O2/c1-14-9-4-6(15)2-3-7(9)10(12)8(5-13)11(14)16/h2-4,15H,1H3. The summed E-state index contributed by atoms with van der Waals surface area (Å²) in [5.41, 5.74) is -0.0537. The third-order valence-corrected chi connectivity index (χ3v) is 2.82. The normalized spacial score (nSPS) is 10.3. The molecule has 0 unspecified atom stereocenters. The summed E-state index contributed by atoms with van der Waals surface area (Å²) in [6.45, 7) is 0. The maximum absolute atomic E-state index is 11.7. The minimum Gasteiger partial charge on any atom is -0.508 e. The van der Waals surface area contributed by atoms with E-state index in [2.05, 4.69) is 0 Å². The molecular weight excluding hydrogens is 228 g/mol. The van der Waals surface area contributed by atoms with E-state index in [1.165, 1.54) is 23.7 Å². The number of nitrogens with zero attached hydrogens (tertiary/aromatic N) is 2. The zero-order valence-electron chi connectivity index (χ0n) is 8.36. The highest BCUT2D eigenvalue weighted by atomic mass is 35.5. The van der Waals surface area contributed by atoms with Gasteiger partial charge < -0.3 is 9.67 Å². The third kappa shape index (κ3) is 1.34. The van der Waals surface area contributed by atoms with Crippen molar-refractivity contribution in [1.82, 2.24) is 4.57 Å². The largest absolute Gasteiger partial charge is 0.508 e. The fraction of sp³-hybridized carbons (Fsp3) is 0.0909. The van der Waals surface area contributed by atoms with Crippen molar-refractivity contribution < 1.29 is 5.11 Å². The van der Waals surface area contributed by atoms with Crippen LogP contribution >= 0.6 is 11.6 Å². The predicted octanol–water partition coefficient (Wildman–Crippen LogP) is 1.77. The second-order valence-corrected chi connectivity index (χ2v) is 3.74. The van der Waals surface area contributed by atoms with E-state index in [0.717, 1.165) is 0 Å². The van der Waals surface area contributed by atoms with E-state index in [1.807, 2.05) is 0 Å². The molecule has 0 amide bonds. The molecule has 1 aromatic heterocycles. The molecule has 0 spiro atoms. The number of phenolic OH excluding ortho intramolecular Hbond substituents is 1. The Kier molecular flexibility index (Phi) is 2.33. The Morgan fingerprint density at radius 1 is 1.50 bits per heavy atom. The maximum atomic E-state index is 11.7. The molecule has 0 aliphatic heterocycles. The average Bonchev–Trinajstić information content (AvgIpc) is 2.27. The van der Waals surface area contributed by atoms with Gasteiger partial charge in [0.1, 0.15) is 17.4 Å². The molecule has 1 N–H and O–H groups in total. The van der Waals surface area contributed by atoms with Crippen molar-refractivity contribution in [2.24, 2.45) is 7.05 Å². The van der Waals surface area contributed by atoms with Gasteiger partial charge in [-0.05, 0) is 12.1 Å². The molecule has 0 radical (unpaired) electrons. The molecule has 4 nitrogen and oxygen atoms in total. The smallest absolute Gasteiger partial charge is 0.270 e. The summed E-state index contributed by atoms with van der Waals surface area (Å²) >= 11 is 5.95. The Morgan fingerprint density at radius 2 is 2.19 bits per heavy atom. The zero-order chi connectivity index (χ0) is 11.9. The van der Waals surface area contributed by atoms with E-state index in [0.29, 0.717) is 10.9 Å². The summed E-state index contributed by atoms with van der Waals surface area (Å²) in [4.78, 5) is 11.7. The van der Waals surface area contributed by atoms with Gasteiger partial charge in [0.05, 0.1) is 10.5 Å². The van der Waals surface area contributed by atoms with Crippen molar-refractivity contribution in [3.63, 3.8) is 0 Å². The van der Waals surface area contributed by atoms with Crippen LogP contribution in [0, 0.1) is 11.3 Å². The Labute approximate surface area is 95.9 Å². The molecule has 0 atom stereocenters. The van der Waals surface area contributed by atoms with Crippen LogP contribution in [0.4, 0.5) is 0 Å². The minimum atomic E-state index is -0.467. The van der Waals surface area contributed by atoms with E-state index >= 15 is 0 Å². The lowest BCUT2D eigenvalue weighted by Crippen LogP contribution is -2.20. The van der Waals surface area contributed by atoms with Gasteiger partial charge in [-0.2, -0.15) is 5.26 Å². The van der Waals surface area contributed by atoms with E-state index in [4.69, 9.17) is 16.9 Å². The van der Waals surface area contributed by atoms with E-state index in [1.54, 1.807) is 12.1 Å². The van der Waals surface area contributed by atoms with Crippen LogP contribution in [0.2, 0.25) is 5.02 Å². The Balaban J connectivity index is 3.09. The van der Waals surface area contributed by atoms with Gasteiger partial charge in [0, 0.05) is 18.5 Å². The van der Waals surface area contributed by atoms with Crippen LogP contribution in [-0.2, 0) is 7.05 Å². The number of aromatic hydroxyl groups is 1. The summed E-state index contributed by atoms with van der Waals surface area (Å²) in [6, 6.07) is 6.25. The molecule has 16 heavy (non-hydrogen) atoms. The first kappa shape index (κ1) is 10.5. The first-order chi connectivity index (χ1) is 7.56. The van der Waals surface area contributed by atoms with Gasteiger partial charge in [-0.3, -0.25) is 4.79 Å². The number of aryl methyl sites for hydroxylation is 1. The molecule has 5 heteroatoms. The minimum absolute atomic E-state index is 0.0447. The molecule has 1 aromatic carbocycles. The lowest BCUT2D eigenvalue weighted by Gasteiger charge is -2.08.